The number of nitrogens with one attached hydrogen (secondary N) is 2. The average molecular weight is 458 g/mol. The van der Waals surface area contributed by atoms with E-state index in [0.29, 0.717) is 30.0 Å². The number of hydrogen-bond acceptors (Lipinski definition) is 8. The maximum Gasteiger partial charge on any atom is 0.330 e. The molecule has 11 heteroatoms. The van der Waals surface area contributed by atoms with Crippen LogP contribution in [0.25, 0.3) is 11.2 Å². The van der Waals surface area contributed by atoms with Crippen molar-refractivity contribution in [3.05, 3.63) is 62.6 Å². The smallest absolute Gasteiger partial charge is 0.330 e. The molecule has 2 N–H and O–H groups in total. The van der Waals surface area contributed by atoms with Crippen molar-refractivity contribution in [2.75, 3.05) is 12.4 Å². The van der Waals surface area contributed by atoms with E-state index in [1.165, 1.54) is 27.7 Å². The quantitative estimate of drug-likeness (QED) is 0.372. The summed E-state index contributed by atoms with van der Waals surface area (Å²) in [5.41, 5.74) is 0.955. The summed E-state index contributed by atoms with van der Waals surface area (Å²) in [7, 11) is 1.80. The SMILES string of the molecule is CCCCn1c(CSc2nnc(NC)s2)nc2c1c(=O)[nH]c(=O)n2Cc1ccccc1. The molecule has 3 heterocycles. The molecule has 0 aliphatic carbocycles. The molecule has 9 nitrogen and oxygen atoms in total. The number of H-pyrrole nitrogens is 1. The molecule has 31 heavy (non-hydrogen) atoms. The van der Waals surface area contributed by atoms with E-state index in [9.17, 15) is 9.59 Å². The fraction of sp³-hybridized carbons (Fsp3) is 0.350. The molecule has 162 valence electrons. The van der Waals surface area contributed by atoms with Crippen molar-refractivity contribution >= 4 is 39.4 Å². The molecule has 0 amide bonds. The second-order valence-corrected chi connectivity index (χ2v) is 9.15. The minimum Gasteiger partial charge on any atom is -0.363 e. The summed E-state index contributed by atoms with van der Waals surface area (Å²) < 4.78 is 4.28. The van der Waals surface area contributed by atoms with Gasteiger partial charge in [-0.3, -0.25) is 14.3 Å². The fourth-order valence-electron chi connectivity index (χ4n) is 3.29. The zero-order valence-corrected chi connectivity index (χ0v) is 18.9. The van der Waals surface area contributed by atoms with Gasteiger partial charge >= 0.3 is 5.69 Å². The Morgan fingerprint density at radius 3 is 2.68 bits per heavy atom. The fourth-order valence-corrected chi connectivity index (χ4v) is 4.94. The zero-order valence-electron chi connectivity index (χ0n) is 17.3. The molecule has 1 aromatic carbocycles. The summed E-state index contributed by atoms with van der Waals surface area (Å²) in [6, 6.07) is 9.67. The number of hydrogen-bond donors (Lipinski definition) is 2. The number of benzene rings is 1. The van der Waals surface area contributed by atoms with Crippen LogP contribution in [0.1, 0.15) is 31.2 Å². The second-order valence-electron chi connectivity index (χ2n) is 6.95. The Balaban J connectivity index is 1.77. The van der Waals surface area contributed by atoms with Gasteiger partial charge in [-0.15, -0.1) is 10.2 Å². The first-order chi connectivity index (χ1) is 15.1. The van der Waals surface area contributed by atoms with Gasteiger partial charge in [0.25, 0.3) is 5.56 Å². The van der Waals surface area contributed by atoms with Gasteiger partial charge in [0.2, 0.25) is 5.13 Å². The Labute approximate surface area is 186 Å². The van der Waals surface area contributed by atoms with Crippen molar-refractivity contribution in [1.82, 2.24) is 29.3 Å². The van der Waals surface area contributed by atoms with Crippen molar-refractivity contribution in [3.8, 4) is 0 Å². The van der Waals surface area contributed by atoms with Crippen LogP contribution in [0.3, 0.4) is 0 Å². The van der Waals surface area contributed by atoms with Crippen LogP contribution in [0.4, 0.5) is 5.13 Å². The molecule has 0 atom stereocenters. The molecule has 0 aliphatic rings. The standard InChI is InChI=1S/C20H23N7O2S2/c1-3-4-10-26-14(12-30-20-25-24-18(21-2)31-20)22-16-15(26)17(28)23-19(29)27(16)11-13-8-6-5-7-9-13/h5-9H,3-4,10-12H2,1-2H3,(H,21,24)(H,23,28,29). The van der Waals surface area contributed by atoms with Gasteiger partial charge in [0.15, 0.2) is 15.5 Å². The molecule has 3 aromatic heterocycles. The third kappa shape index (κ3) is 4.57. The summed E-state index contributed by atoms with van der Waals surface area (Å²) in [4.78, 5) is 32.6. The predicted octanol–water partition coefficient (Wildman–Crippen LogP) is 2.92. The number of aryl methyl sites for hydroxylation is 1. The van der Waals surface area contributed by atoms with Crippen LogP contribution in [0.5, 0.6) is 0 Å². The molecule has 0 saturated carbocycles. The molecule has 4 aromatic rings. The highest BCUT2D eigenvalue weighted by molar-refractivity contribution is 8.00. The first kappa shape index (κ1) is 21.3. The van der Waals surface area contributed by atoms with Crippen LogP contribution in [0.2, 0.25) is 0 Å². The molecule has 0 radical (unpaired) electrons. The highest BCUT2D eigenvalue weighted by Gasteiger charge is 2.19. The molecule has 4 rings (SSSR count). The molecule has 0 aliphatic heterocycles. The van der Waals surface area contributed by atoms with E-state index in [-0.39, 0.29) is 0 Å². The van der Waals surface area contributed by atoms with Gasteiger partial charge in [-0.1, -0.05) is 66.8 Å². The highest BCUT2D eigenvalue weighted by Crippen LogP contribution is 2.28. The van der Waals surface area contributed by atoms with E-state index in [2.05, 4.69) is 27.4 Å². The molecule has 0 saturated heterocycles. The van der Waals surface area contributed by atoms with Gasteiger partial charge in [0.1, 0.15) is 5.82 Å². The van der Waals surface area contributed by atoms with Crippen LogP contribution in [-0.2, 0) is 18.8 Å². The normalized spacial score (nSPS) is 11.3. The minimum atomic E-state index is -0.455. The van der Waals surface area contributed by atoms with E-state index >= 15 is 0 Å². The van der Waals surface area contributed by atoms with Crippen LogP contribution in [0.15, 0.2) is 44.3 Å². The van der Waals surface area contributed by atoms with Crippen molar-refractivity contribution < 1.29 is 0 Å². The molecule has 0 unspecified atom stereocenters. The Morgan fingerprint density at radius 1 is 1.16 bits per heavy atom. The molecular weight excluding hydrogens is 434 g/mol. The van der Waals surface area contributed by atoms with E-state index in [1.54, 1.807) is 7.05 Å². The van der Waals surface area contributed by atoms with Gasteiger partial charge < -0.3 is 9.88 Å². The lowest BCUT2D eigenvalue weighted by Gasteiger charge is -2.08. The lowest BCUT2D eigenvalue weighted by molar-refractivity contribution is 0.626. The van der Waals surface area contributed by atoms with Crippen LogP contribution < -0.4 is 16.6 Å². The topological polar surface area (TPSA) is 110 Å². The van der Waals surface area contributed by atoms with Crippen molar-refractivity contribution in [2.45, 2.75) is 42.9 Å². The number of imidazole rings is 1. The lowest BCUT2D eigenvalue weighted by atomic mass is 10.2. The van der Waals surface area contributed by atoms with Gasteiger partial charge in [-0.25, -0.2) is 9.78 Å². The van der Waals surface area contributed by atoms with Crippen LogP contribution >= 0.6 is 23.1 Å². The van der Waals surface area contributed by atoms with Gasteiger partial charge in [0.05, 0.1) is 12.3 Å². The number of fused-ring (bicyclic) bond motifs is 1. The summed E-state index contributed by atoms with van der Waals surface area (Å²) in [6.45, 7) is 3.10. The Morgan fingerprint density at radius 2 is 1.97 bits per heavy atom. The third-order valence-corrected chi connectivity index (χ3v) is 6.90. The summed E-state index contributed by atoms with van der Waals surface area (Å²) in [5.74, 6) is 1.27. The zero-order chi connectivity index (χ0) is 21.8. The first-order valence-electron chi connectivity index (χ1n) is 10.0. The highest BCUT2D eigenvalue weighted by atomic mass is 32.2. The largest absolute Gasteiger partial charge is 0.363 e. The number of nitrogens with zero attached hydrogens (tertiary/aromatic N) is 5. The van der Waals surface area contributed by atoms with E-state index in [0.717, 1.165) is 33.7 Å². The lowest BCUT2D eigenvalue weighted by Crippen LogP contribution is -2.31. The van der Waals surface area contributed by atoms with E-state index in [4.69, 9.17) is 4.98 Å². The number of rotatable bonds is 9. The molecule has 0 bridgehead atoms. The van der Waals surface area contributed by atoms with Gasteiger partial charge in [-0.2, -0.15) is 0 Å². The van der Waals surface area contributed by atoms with Gasteiger partial charge in [0, 0.05) is 13.6 Å². The number of aromatic nitrogens is 6. The second kappa shape index (κ2) is 9.48. The summed E-state index contributed by atoms with van der Waals surface area (Å²) in [5, 5.41) is 11.9. The number of unbranched alkanes of at least 4 members (excludes halogenated alkanes) is 1. The van der Waals surface area contributed by atoms with Crippen LogP contribution in [-0.4, -0.2) is 36.3 Å². The number of thioether (sulfide) groups is 1. The maximum atomic E-state index is 12.8. The van der Waals surface area contributed by atoms with Crippen molar-refractivity contribution in [2.24, 2.45) is 0 Å². The van der Waals surface area contributed by atoms with Crippen LogP contribution in [0, 0.1) is 0 Å². The van der Waals surface area contributed by atoms with Crippen molar-refractivity contribution in [3.63, 3.8) is 0 Å². The van der Waals surface area contributed by atoms with E-state index < -0.39 is 11.2 Å². The maximum absolute atomic E-state index is 12.8. The van der Waals surface area contributed by atoms with E-state index in [1.807, 2.05) is 34.9 Å². The summed E-state index contributed by atoms with van der Waals surface area (Å²) >= 11 is 2.98. The predicted molar refractivity (Wildman–Crippen MR) is 124 cm³/mol. The average Bonchev–Trinajstić information content (AvgIpc) is 3.39. The number of aromatic amines is 1. The number of anilines is 1. The Bertz CT molecular complexity index is 1290. The molecular formula is C20H23N7O2S2. The minimum absolute atomic E-state index is 0.340. The monoisotopic (exact) mass is 457 g/mol. The van der Waals surface area contributed by atoms with Crippen molar-refractivity contribution in [1.29, 1.82) is 0 Å². The third-order valence-electron chi connectivity index (χ3n) is 4.83. The van der Waals surface area contributed by atoms with Gasteiger partial charge in [-0.05, 0) is 12.0 Å². The molecule has 0 spiro atoms. The Kier molecular flexibility index (Phi) is 6.52. The summed E-state index contributed by atoms with van der Waals surface area (Å²) in [6.07, 6.45) is 1.89. The Hall–Kier alpha value is -2.92. The first-order valence-corrected chi connectivity index (χ1v) is 11.8. The molecule has 0 fully saturated rings.